The maximum absolute atomic E-state index is 9.33. The first-order chi connectivity index (χ1) is 8.14. The molecule has 0 saturated carbocycles. The Morgan fingerprint density at radius 1 is 1.24 bits per heavy atom. The first-order valence-electron chi connectivity index (χ1n) is 5.32. The van der Waals surface area contributed by atoms with Gasteiger partial charge < -0.3 is 19.7 Å². The van der Waals surface area contributed by atoms with Crippen molar-refractivity contribution in [2.24, 2.45) is 5.41 Å². The third-order valence-corrected chi connectivity index (χ3v) is 4.43. The van der Waals surface area contributed by atoms with Crippen LogP contribution in [0, 0.1) is 5.41 Å². The smallest absolute Gasteiger partial charge is 0.0645 e. The molecule has 0 aromatic carbocycles. The highest BCUT2D eigenvalue weighted by Crippen LogP contribution is 2.18. The van der Waals surface area contributed by atoms with Crippen LogP contribution in [0.1, 0.15) is 0 Å². The Kier molecular flexibility index (Phi) is 10.8. The minimum Gasteiger partial charge on any atom is -0.396 e. The second-order valence-electron chi connectivity index (χ2n) is 3.89. The van der Waals surface area contributed by atoms with Crippen molar-refractivity contribution in [2.45, 2.75) is 4.83 Å². The van der Waals surface area contributed by atoms with E-state index >= 15 is 0 Å². The van der Waals surface area contributed by atoms with Gasteiger partial charge in [-0.3, -0.25) is 0 Å². The lowest BCUT2D eigenvalue weighted by Gasteiger charge is -2.29. The standard InChI is InChI=1S/C11H20Br2O4/c1-2-3-16-8-11(6-14,7-15)9-17-5-10(13)4-12/h2,10,14-15H,1,3-9H2. The minimum atomic E-state index is -0.748. The van der Waals surface area contributed by atoms with E-state index in [2.05, 4.69) is 38.4 Å². The van der Waals surface area contributed by atoms with Crippen molar-refractivity contribution in [2.75, 3.05) is 45.0 Å². The summed E-state index contributed by atoms with van der Waals surface area (Å²) in [6.07, 6.45) is 1.62. The van der Waals surface area contributed by atoms with E-state index in [-0.39, 0.29) is 31.3 Å². The van der Waals surface area contributed by atoms with Crippen LogP contribution in [0.5, 0.6) is 0 Å². The molecule has 17 heavy (non-hydrogen) atoms. The topological polar surface area (TPSA) is 58.9 Å². The van der Waals surface area contributed by atoms with E-state index in [1.54, 1.807) is 6.08 Å². The fourth-order valence-corrected chi connectivity index (χ4v) is 1.45. The molecule has 0 aliphatic carbocycles. The van der Waals surface area contributed by atoms with Gasteiger partial charge in [0.25, 0.3) is 0 Å². The lowest BCUT2D eigenvalue weighted by molar-refractivity contribution is -0.0718. The maximum atomic E-state index is 9.33. The number of halogens is 2. The summed E-state index contributed by atoms with van der Waals surface area (Å²) >= 11 is 6.73. The molecular formula is C11H20Br2O4. The minimum absolute atomic E-state index is 0.179. The van der Waals surface area contributed by atoms with Gasteiger partial charge in [0, 0.05) is 10.2 Å². The quantitative estimate of drug-likeness (QED) is 0.325. The highest BCUT2D eigenvalue weighted by Gasteiger charge is 2.30. The summed E-state index contributed by atoms with van der Waals surface area (Å²) in [6, 6.07) is 0. The van der Waals surface area contributed by atoms with Crippen LogP contribution in [0.15, 0.2) is 12.7 Å². The van der Waals surface area contributed by atoms with Crippen LogP contribution in [0.4, 0.5) is 0 Å². The summed E-state index contributed by atoms with van der Waals surface area (Å²) in [6.45, 7) is 4.58. The van der Waals surface area contributed by atoms with Crippen molar-refractivity contribution in [1.82, 2.24) is 0 Å². The monoisotopic (exact) mass is 374 g/mol. The second kappa shape index (κ2) is 10.5. The number of ether oxygens (including phenoxy) is 2. The van der Waals surface area contributed by atoms with E-state index < -0.39 is 5.41 Å². The molecule has 0 heterocycles. The number of alkyl halides is 2. The molecule has 0 amide bonds. The molecule has 0 bridgehead atoms. The number of hydrogen-bond acceptors (Lipinski definition) is 4. The van der Waals surface area contributed by atoms with Crippen molar-refractivity contribution in [3.8, 4) is 0 Å². The Morgan fingerprint density at radius 2 is 1.82 bits per heavy atom. The summed E-state index contributed by atoms with van der Waals surface area (Å²) in [5, 5.41) is 19.4. The van der Waals surface area contributed by atoms with Crippen molar-refractivity contribution in [1.29, 1.82) is 0 Å². The SMILES string of the molecule is C=CCOCC(CO)(CO)COCC(Br)CBr. The fraction of sp³-hybridized carbons (Fsp3) is 0.818. The molecule has 2 N–H and O–H groups in total. The van der Waals surface area contributed by atoms with Crippen molar-refractivity contribution in [3.05, 3.63) is 12.7 Å². The Bertz CT molecular complexity index is 198. The van der Waals surface area contributed by atoms with E-state index in [1.807, 2.05) is 0 Å². The molecular weight excluding hydrogens is 356 g/mol. The van der Waals surface area contributed by atoms with E-state index in [0.717, 1.165) is 5.33 Å². The van der Waals surface area contributed by atoms with Crippen LogP contribution in [-0.4, -0.2) is 60.0 Å². The van der Waals surface area contributed by atoms with Gasteiger partial charge in [-0.1, -0.05) is 37.9 Å². The van der Waals surface area contributed by atoms with Gasteiger partial charge in [-0.05, 0) is 0 Å². The van der Waals surface area contributed by atoms with Crippen LogP contribution in [0.2, 0.25) is 0 Å². The molecule has 0 aromatic heterocycles. The first-order valence-corrected chi connectivity index (χ1v) is 7.36. The largest absolute Gasteiger partial charge is 0.396 e. The van der Waals surface area contributed by atoms with Gasteiger partial charge in [0.1, 0.15) is 0 Å². The van der Waals surface area contributed by atoms with E-state index in [0.29, 0.717) is 13.2 Å². The van der Waals surface area contributed by atoms with E-state index in [1.165, 1.54) is 0 Å². The third kappa shape index (κ3) is 7.54. The Labute approximate surface area is 119 Å². The van der Waals surface area contributed by atoms with Crippen LogP contribution in [-0.2, 0) is 9.47 Å². The van der Waals surface area contributed by atoms with Crippen LogP contribution in [0.3, 0.4) is 0 Å². The third-order valence-electron chi connectivity index (χ3n) is 2.19. The normalized spacial score (nSPS) is 13.6. The van der Waals surface area contributed by atoms with Gasteiger partial charge in [0.15, 0.2) is 0 Å². The number of hydrogen-bond donors (Lipinski definition) is 2. The number of aliphatic hydroxyl groups excluding tert-OH is 2. The lowest BCUT2D eigenvalue weighted by Crippen LogP contribution is -2.40. The van der Waals surface area contributed by atoms with E-state index in [4.69, 9.17) is 9.47 Å². The summed E-state index contributed by atoms with van der Waals surface area (Å²) in [7, 11) is 0. The summed E-state index contributed by atoms with van der Waals surface area (Å²) in [5.41, 5.74) is -0.748. The van der Waals surface area contributed by atoms with Crippen LogP contribution < -0.4 is 0 Å². The maximum Gasteiger partial charge on any atom is 0.0645 e. The zero-order valence-electron chi connectivity index (χ0n) is 9.78. The second-order valence-corrected chi connectivity index (χ2v) is 5.83. The lowest BCUT2D eigenvalue weighted by atomic mass is 9.92. The molecule has 6 heteroatoms. The Hall–Kier alpha value is 0.540. The molecule has 0 aliphatic heterocycles. The van der Waals surface area contributed by atoms with Gasteiger partial charge in [-0.2, -0.15) is 0 Å². The van der Waals surface area contributed by atoms with Gasteiger partial charge in [-0.15, -0.1) is 6.58 Å². The molecule has 0 spiro atoms. The zero-order chi connectivity index (χ0) is 13.1. The summed E-state index contributed by atoms with van der Waals surface area (Å²) in [5.74, 6) is 0. The molecule has 4 nitrogen and oxygen atoms in total. The van der Waals surface area contributed by atoms with Crippen molar-refractivity contribution < 1.29 is 19.7 Å². The Balaban J connectivity index is 4.05. The highest BCUT2D eigenvalue weighted by molar-refractivity contribution is 9.12. The number of aliphatic hydroxyl groups is 2. The van der Waals surface area contributed by atoms with E-state index in [9.17, 15) is 10.2 Å². The zero-order valence-corrected chi connectivity index (χ0v) is 13.0. The van der Waals surface area contributed by atoms with Crippen molar-refractivity contribution >= 4 is 31.9 Å². The molecule has 1 atom stereocenters. The average molecular weight is 376 g/mol. The molecule has 0 radical (unpaired) electrons. The summed E-state index contributed by atoms with van der Waals surface area (Å²) < 4.78 is 10.7. The van der Waals surface area contributed by atoms with Gasteiger partial charge in [0.2, 0.25) is 0 Å². The highest BCUT2D eigenvalue weighted by atomic mass is 79.9. The van der Waals surface area contributed by atoms with Crippen LogP contribution >= 0.6 is 31.9 Å². The Morgan fingerprint density at radius 3 is 2.29 bits per heavy atom. The van der Waals surface area contributed by atoms with Gasteiger partial charge in [0.05, 0.1) is 45.1 Å². The summed E-state index contributed by atoms with van der Waals surface area (Å²) in [4.78, 5) is 0.215. The molecule has 0 aromatic rings. The number of rotatable bonds is 11. The molecule has 0 fully saturated rings. The van der Waals surface area contributed by atoms with Gasteiger partial charge >= 0.3 is 0 Å². The molecule has 102 valence electrons. The molecule has 1 unspecified atom stereocenters. The molecule has 0 rings (SSSR count). The first kappa shape index (κ1) is 17.5. The molecule has 0 saturated heterocycles. The van der Waals surface area contributed by atoms with Crippen molar-refractivity contribution in [3.63, 3.8) is 0 Å². The molecule has 0 aliphatic rings. The fourth-order valence-electron chi connectivity index (χ4n) is 1.08. The van der Waals surface area contributed by atoms with Gasteiger partial charge in [-0.25, -0.2) is 0 Å². The predicted octanol–water partition coefficient (Wildman–Crippen LogP) is 1.33. The average Bonchev–Trinajstić information content (AvgIpc) is 2.37. The van der Waals surface area contributed by atoms with Crippen LogP contribution in [0.25, 0.3) is 0 Å². The predicted molar refractivity (Wildman–Crippen MR) is 74.9 cm³/mol.